The average molecular weight is 451 g/mol. The molecule has 0 fully saturated rings. The van der Waals surface area contributed by atoms with E-state index in [0.717, 1.165) is 11.1 Å². The monoisotopic (exact) mass is 450 g/mol. The van der Waals surface area contributed by atoms with Gasteiger partial charge in [-0.3, -0.25) is 4.79 Å². The number of carbonyl (C=O) groups excluding carboxylic acids is 1. The van der Waals surface area contributed by atoms with E-state index in [-0.39, 0.29) is 24.0 Å². The number of fused-ring (bicyclic) bond motifs is 2. The van der Waals surface area contributed by atoms with Gasteiger partial charge in [0.15, 0.2) is 11.5 Å². The molecule has 0 aromatic heterocycles. The maximum Gasteiger partial charge on any atom is 0.269 e. The normalized spacial score (nSPS) is 17.9. The lowest BCUT2D eigenvalue weighted by Gasteiger charge is -2.29. The smallest absolute Gasteiger partial charge is 0.269 e. The van der Waals surface area contributed by atoms with E-state index in [1.165, 1.54) is 4.31 Å². The third kappa shape index (κ3) is 3.94. The van der Waals surface area contributed by atoms with Crippen LogP contribution < -0.4 is 14.8 Å². The zero-order valence-corrected chi connectivity index (χ0v) is 18.0. The van der Waals surface area contributed by atoms with Crippen molar-refractivity contribution in [2.24, 2.45) is 0 Å². The number of nitrogens with one attached hydrogen (secondary N) is 1. The van der Waals surface area contributed by atoms with Crippen LogP contribution in [0.1, 0.15) is 11.1 Å². The van der Waals surface area contributed by atoms with Crippen LogP contribution in [-0.2, 0) is 27.8 Å². The van der Waals surface area contributed by atoms with Crippen molar-refractivity contribution in [1.82, 2.24) is 4.31 Å². The van der Waals surface area contributed by atoms with E-state index in [9.17, 15) is 13.2 Å². The van der Waals surface area contributed by atoms with Gasteiger partial charge in [-0.25, -0.2) is 8.42 Å². The third-order valence-electron chi connectivity index (χ3n) is 5.63. The molecule has 0 saturated carbocycles. The van der Waals surface area contributed by atoms with E-state index in [1.54, 1.807) is 42.5 Å². The van der Waals surface area contributed by atoms with Crippen molar-refractivity contribution in [3.8, 4) is 11.5 Å². The van der Waals surface area contributed by atoms with Crippen molar-refractivity contribution >= 4 is 21.6 Å². The molecule has 1 amide bonds. The molecule has 2 aliphatic heterocycles. The fourth-order valence-corrected chi connectivity index (χ4v) is 5.37. The molecule has 0 saturated heterocycles. The summed E-state index contributed by atoms with van der Waals surface area (Å²) in [7, 11) is -3.58. The van der Waals surface area contributed by atoms with Gasteiger partial charge in [-0.15, -0.1) is 0 Å². The first-order chi connectivity index (χ1) is 15.5. The first kappa shape index (κ1) is 20.5. The summed E-state index contributed by atoms with van der Waals surface area (Å²) in [5.41, 5.74) is 2.54. The van der Waals surface area contributed by atoms with Crippen LogP contribution in [0.5, 0.6) is 11.5 Å². The molecule has 3 aromatic rings. The number of hydrogen-bond donors (Lipinski definition) is 1. The molecule has 164 valence electrons. The highest BCUT2D eigenvalue weighted by Gasteiger charge is 2.30. The molecule has 1 unspecified atom stereocenters. The molecule has 2 aliphatic rings. The first-order valence-corrected chi connectivity index (χ1v) is 11.8. The minimum absolute atomic E-state index is 0.122. The van der Waals surface area contributed by atoms with Crippen molar-refractivity contribution in [1.29, 1.82) is 0 Å². The van der Waals surface area contributed by atoms with Crippen LogP contribution in [0.25, 0.3) is 0 Å². The quantitative estimate of drug-likeness (QED) is 0.660. The molecule has 0 radical (unpaired) electrons. The maximum atomic E-state index is 13.0. The van der Waals surface area contributed by atoms with Gasteiger partial charge in [0.1, 0.15) is 6.61 Å². The standard InChI is InChI=1S/C24H22N2O5S/c27-24(23-16-30-21-8-4-5-9-22(21)31-23)25-19-11-10-17-12-13-26(15-18(17)14-19)32(28,29)20-6-2-1-3-7-20/h1-11,14,23H,12-13,15-16H2,(H,25,27). The zero-order valence-electron chi connectivity index (χ0n) is 17.2. The van der Waals surface area contributed by atoms with Crippen LogP contribution in [0, 0.1) is 0 Å². The second-order valence-corrected chi connectivity index (χ2v) is 9.68. The predicted molar refractivity (Wildman–Crippen MR) is 119 cm³/mol. The van der Waals surface area contributed by atoms with Crippen LogP contribution >= 0.6 is 0 Å². The van der Waals surface area contributed by atoms with Crippen LogP contribution in [-0.4, -0.2) is 37.9 Å². The lowest BCUT2D eigenvalue weighted by atomic mass is 10.0. The molecule has 7 nitrogen and oxygen atoms in total. The number of anilines is 1. The molecule has 5 rings (SSSR count). The molecule has 8 heteroatoms. The Balaban J connectivity index is 1.30. The second kappa shape index (κ2) is 8.29. The molecule has 0 aliphatic carbocycles. The highest BCUT2D eigenvalue weighted by Crippen LogP contribution is 2.31. The average Bonchev–Trinajstić information content (AvgIpc) is 2.83. The van der Waals surface area contributed by atoms with Gasteiger partial charge in [0.25, 0.3) is 5.91 Å². The van der Waals surface area contributed by atoms with Gasteiger partial charge in [-0.1, -0.05) is 36.4 Å². The second-order valence-electron chi connectivity index (χ2n) is 7.74. The van der Waals surface area contributed by atoms with Crippen LogP contribution in [0.15, 0.2) is 77.7 Å². The number of hydrogen-bond acceptors (Lipinski definition) is 5. The summed E-state index contributed by atoms with van der Waals surface area (Å²) in [5, 5.41) is 2.87. The fraction of sp³-hybridized carbons (Fsp3) is 0.208. The summed E-state index contributed by atoms with van der Waals surface area (Å²) >= 11 is 0. The third-order valence-corrected chi connectivity index (χ3v) is 7.49. The molecule has 1 N–H and O–H groups in total. The van der Waals surface area contributed by atoms with Gasteiger partial charge in [0, 0.05) is 18.8 Å². The van der Waals surface area contributed by atoms with Crippen molar-refractivity contribution in [3.63, 3.8) is 0 Å². The summed E-state index contributed by atoms with van der Waals surface area (Å²) in [4.78, 5) is 13.0. The highest BCUT2D eigenvalue weighted by atomic mass is 32.2. The van der Waals surface area contributed by atoms with E-state index in [0.29, 0.717) is 30.2 Å². The van der Waals surface area contributed by atoms with Crippen molar-refractivity contribution < 1.29 is 22.7 Å². The summed E-state index contributed by atoms with van der Waals surface area (Å²) < 4.78 is 38.8. The Hall–Kier alpha value is -3.36. The molecule has 32 heavy (non-hydrogen) atoms. The van der Waals surface area contributed by atoms with Gasteiger partial charge in [0.05, 0.1) is 4.90 Å². The highest BCUT2D eigenvalue weighted by molar-refractivity contribution is 7.89. The molecule has 1 atom stereocenters. The molecule has 0 spiro atoms. The van der Waals surface area contributed by atoms with Gasteiger partial charge in [0.2, 0.25) is 16.1 Å². The van der Waals surface area contributed by atoms with Crippen LogP contribution in [0.3, 0.4) is 0 Å². The predicted octanol–water partition coefficient (Wildman–Crippen LogP) is 3.21. The van der Waals surface area contributed by atoms with E-state index >= 15 is 0 Å². The number of carbonyl (C=O) groups is 1. The molecular weight excluding hydrogens is 428 g/mol. The number of nitrogens with zero attached hydrogens (tertiary/aromatic N) is 1. The van der Waals surface area contributed by atoms with E-state index < -0.39 is 16.1 Å². The van der Waals surface area contributed by atoms with Crippen LogP contribution in [0.2, 0.25) is 0 Å². The Morgan fingerprint density at radius 1 is 0.938 bits per heavy atom. The van der Waals surface area contributed by atoms with Gasteiger partial charge >= 0.3 is 0 Å². The van der Waals surface area contributed by atoms with Gasteiger partial charge in [-0.2, -0.15) is 4.31 Å². The molecule has 0 bridgehead atoms. The topological polar surface area (TPSA) is 84.9 Å². The minimum atomic E-state index is -3.58. The minimum Gasteiger partial charge on any atom is -0.485 e. The zero-order chi connectivity index (χ0) is 22.1. The Bertz CT molecular complexity index is 1260. The summed E-state index contributed by atoms with van der Waals surface area (Å²) in [5.74, 6) is 0.833. The Morgan fingerprint density at radius 2 is 1.69 bits per heavy atom. The van der Waals surface area contributed by atoms with Crippen molar-refractivity contribution in [3.05, 3.63) is 83.9 Å². The SMILES string of the molecule is O=C(Nc1ccc2c(c1)CN(S(=O)(=O)c1ccccc1)CC2)C1COc2ccccc2O1. The number of sulfonamides is 1. The first-order valence-electron chi connectivity index (χ1n) is 10.4. The van der Waals surface area contributed by atoms with Crippen molar-refractivity contribution in [2.45, 2.75) is 24.0 Å². The van der Waals surface area contributed by atoms with Gasteiger partial charge in [-0.05, 0) is 53.9 Å². The van der Waals surface area contributed by atoms with Gasteiger partial charge < -0.3 is 14.8 Å². The number of amides is 1. The summed E-state index contributed by atoms with van der Waals surface area (Å²) in [6, 6.07) is 21.2. The molecule has 2 heterocycles. The van der Waals surface area contributed by atoms with E-state index in [2.05, 4.69) is 5.32 Å². The Kier molecular flexibility index (Phi) is 5.32. The molecule has 3 aromatic carbocycles. The lowest BCUT2D eigenvalue weighted by Crippen LogP contribution is -2.40. The number of ether oxygens (including phenoxy) is 2. The van der Waals surface area contributed by atoms with Crippen molar-refractivity contribution in [2.75, 3.05) is 18.5 Å². The number of benzene rings is 3. The Labute approximate surface area is 186 Å². The van der Waals surface area contributed by atoms with E-state index in [4.69, 9.17) is 9.47 Å². The lowest BCUT2D eigenvalue weighted by molar-refractivity contribution is -0.125. The number of para-hydroxylation sites is 2. The maximum absolute atomic E-state index is 13.0. The van der Waals surface area contributed by atoms with E-state index in [1.807, 2.05) is 30.3 Å². The summed E-state index contributed by atoms with van der Waals surface area (Å²) in [6.45, 7) is 0.798. The largest absolute Gasteiger partial charge is 0.485 e. The number of rotatable bonds is 4. The Morgan fingerprint density at radius 3 is 2.50 bits per heavy atom. The van der Waals surface area contributed by atoms with Crippen LogP contribution in [0.4, 0.5) is 5.69 Å². The summed E-state index contributed by atoms with van der Waals surface area (Å²) in [6.07, 6.45) is -0.151. The fourth-order valence-electron chi connectivity index (χ4n) is 3.93. The molecular formula is C24H22N2O5S.